The van der Waals surface area contributed by atoms with Crippen molar-refractivity contribution in [2.45, 2.75) is 52.1 Å². The molecule has 2 N–H and O–H groups in total. The number of hydrogen-bond acceptors (Lipinski definition) is 3. The molecule has 0 amide bonds. The number of likely N-dealkylation sites (tertiary alicyclic amines) is 2. The molecule has 2 heterocycles. The highest BCUT2D eigenvalue weighted by molar-refractivity contribution is 14.0. The van der Waals surface area contributed by atoms with Crippen LogP contribution in [0.4, 0.5) is 0 Å². The minimum atomic E-state index is 0. The Morgan fingerprint density at radius 3 is 2.45 bits per heavy atom. The number of rotatable bonds is 8. The molecule has 1 unspecified atom stereocenters. The Labute approximate surface area is 194 Å². The van der Waals surface area contributed by atoms with Gasteiger partial charge in [0.2, 0.25) is 0 Å². The van der Waals surface area contributed by atoms with E-state index < -0.39 is 0 Å². The summed E-state index contributed by atoms with van der Waals surface area (Å²) < 4.78 is 0. The second-order valence-electron chi connectivity index (χ2n) is 8.36. The summed E-state index contributed by atoms with van der Waals surface area (Å²) in [5.74, 6) is 1.73. The Bertz CT molecular complexity index is 586. The topological polar surface area (TPSA) is 42.9 Å². The molecule has 0 spiro atoms. The quantitative estimate of drug-likeness (QED) is 0.317. The summed E-state index contributed by atoms with van der Waals surface area (Å²) in [6.07, 6.45) is 4.92. The van der Waals surface area contributed by atoms with Gasteiger partial charge in [-0.3, -0.25) is 9.89 Å². The molecule has 29 heavy (non-hydrogen) atoms. The molecule has 2 fully saturated rings. The number of nitrogens with one attached hydrogen (secondary N) is 2. The van der Waals surface area contributed by atoms with E-state index in [1.54, 1.807) is 0 Å². The Morgan fingerprint density at radius 1 is 1.03 bits per heavy atom. The predicted octanol–water partition coefficient (Wildman–Crippen LogP) is 3.56. The first-order chi connectivity index (χ1) is 13.8. The maximum absolute atomic E-state index is 4.93. The van der Waals surface area contributed by atoms with Crippen molar-refractivity contribution in [1.82, 2.24) is 20.4 Å². The summed E-state index contributed by atoms with van der Waals surface area (Å²) in [5, 5.41) is 7.15. The van der Waals surface area contributed by atoms with Crippen molar-refractivity contribution in [3.63, 3.8) is 0 Å². The molecule has 5 nitrogen and oxygen atoms in total. The van der Waals surface area contributed by atoms with Crippen LogP contribution < -0.4 is 10.6 Å². The van der Waals surface area contributed by atoms with Gasteiger partial charge in [0.05, 0.1) is 0 Å². The van der Waals surface area contributed by atoms with Gasteiger partial charge < -0.3 is 15.5 Å². The summed E-state index contributed by atoms with van der Waals surface area (Å²) in [6.45, 7) is 13.4. The van der Waals surface area contributed by atoms with Crippen molar-refractivity contribution < 1.29 is 0 Å². The molecule has 2 saturated heterocycles. The lowest BCUT2D eigenvalue weighted by molar-refractivity contribution is 0.198. The summed E-state index contributed by atoms with van der Waals surface area (Å²) >= 11 is 0. The van der Waals surface area contributed by atoms with E-state index in [-0.39, 0.29) is 24.0 Å². The Morgan fingerprint density at radius 2 is 1.76 bits per heavy atom. The first-order valence-electron chi connectivity index (χ1n) is 11.3. The Balaban J connectivity index is 0.00000300. The third-order valence-electron chi connectivity index (χ3n) is 5.94. The van der Waals surface area contributed by atoms with Crippen molar-refractivity contribution in [2.24, 2.45) is 10.9 Å². The van der Waals surface area contributed by atoms with Gasteiger partial charge in [0, 0.05) is 45.3 Å². The van der Waals surface area contributed by atoms with E-state index in [4.69, 9.17) is 4.99 Å². The maximum atomic E-state index is 4.93. The summed E-state index contributed by atoms with van der Waals surface area (Å²) in [5.41, 5.74) is 1.41. The maximum Gasteiger partial charge on any atom is 0.191 e. The number of piperidine rings is 1. The van der Waals surface area contributed by atoms with Crippen LogP contribution in [0.1, 0.15) is 45.1 Å². The minimum Gasteiger partial charge on any atom is -0.357 e. The van der Waals surface area contributed by atoms with Crippen molar-refractivity contribution in [3.05, 3.63) is 35.9 Å². The molecule has 1 aromatic rings. The second kappa shape index (κ2) is 13.4. The Hall–Kier alpha value is -0.860. The minimum absolute atomic E-state index is 0. The van der Waals surface area contributed by atoms with E-state index in [2.05, 4.69) is 64.6 Å². The Kier molecular flexibility index (Phi) is 11.3. The van der Waals surface area contributed by atoms with Crippen molar-refractivity contribution in [1.29, 1.82) is 0 Å². The highest BCUT2D eigenvalue weighted by Gasteiger charge is 2.22. The molecule has 164 valence electrons. The van der Waals surface area contributed by atoms with Gasteiger partial charge >= 0.3 is 0 Å². The lowest BCUT2D eigenvalue weighted by Crippen LogP contribution is -2.48. The molecule has 1 atom stereocenters. The molecule has 0 saturated carbocycles. The highest BCUT2D eigenvalue weighted by atomic mass is 127. The van der Waals surface area contributed by atoms with Crippen LogP contribution in [-0.4, -0.2) is 67.6 Å². The van der Waals surface area contributed by atoms with Gasteiger partial charge in [-0.25, -0.2) is 0 Å². The van der Waals surface area contributed by atoms with E-state index in [1.807, 2.05) is 0 Å². The molecule has 3 rings (SSSR count). The molecule has 1 aromatic carbocycles. The number of halogens is 1. The van der Waals surface area contributed by atoms with Gasteiger partial charge in [-0.05, 0) is 57.2 Å². The first kappa shape index (κ1) is 24.4. The summed E-state index contributed by atoms with van der Waals surface area (Å²) in [4.78, 5) is 10.1. The lowest BCUT2D eigenvalue weighted by Gasteiger charge is -2.33. The van der Waals surface area contributed by atoms with Gasteiger partial charge in [0.1, 0.15) is 0 Å². The third-order valence-corrected chi connectivity index (χ3v) is 5.94. The zero-order chi connectivity index (χ0) is 19.6. The zero-order valence-corrected chi connectivity index (χ0v) is 20.6. The van der Waals surface area contributed by atoms with E-state index in [1.165, 1.54) is 50.9 Å². The lowest BCUT2D eigenvalue weighted by atomic mass is 10.0. The van der Waals surface area contributed by atoms with Crippen LogP contribution in [0, 0.1) is 5.92 Å². The molecule has 2 aliphatic heterocycles. The molecule has 0 aliphatic carbocycles. The monoisotopic (exact) mass is 513 g/mol. The van der Waals surface area contributed by atoms with Crippen molar-refractivity contribution in [2.75, 3.05) is 45.8 Å². The number of guanidine groups is 1. The first-order valence-corrected chi connectivity index (χ1v) is 11.3. The van der Waals surface area contributed by atoms with E-state index in [0.717, 1.165) is 44.6 Å². The molecule has 2 aliphatic rings. The molecule has 6 heteroatoms. The zero-order valence-electron chi connectivity index (χ0n) is 18.3. The van der Waals surface area contributed by atoms with Crippen LogP contribution in [0.3, 0.4) is 0 Å². The van der Waals surface area contributed by atoms with E-state index in [0.29, 0.717) is 6.04 Å². The van der Waals surface area contributed by atoms with Crippen LogP contribution in [0.15, 0.2) is 35.3 Å². The van der Waals surface area contributed by atoms with Crippen LogP contribution in [-0.2, 0) is 6.54 Å². The van der Waals surface area contributed by atoms with Gasteiger partial charge in [-0.2, -0.15) is 0 Å². The second-order valence-corrected chi connectivity index (χ2v) is 8.36. The van der Waals surface area contributed by atoms with Crippen molar-refractivity contribution in [3.8, 4) is 0 Å². The number of nitrogens with zero attached hydrogens (tertiary/aromatic N) is 3. The number of hydrogen-bond donors (Lipinski definition) is 2. The van der Waals surface area contributed by atoms with Crippen LogP contribution in [0.5, 0.6) is 0 Å². The SMILES string of the molecule is CCCN1CCC(CN=C(NCC)NC2CCN(Cc3ccccc3)CC2)C1.I. The number of aliphatic imine (C=N–C) groups is 1. The smallest absolute Gasteiger partial charge is 0.191 e. The standard InChI is InChI=1S/C23H39N5.HI/c1-3-13-27-14-10-21(19-27)17-25-23(24-4-2)26-22-11-15-28(16-12-22)18-20-8-6-5-7-9-20;/h5-9,21-22H,3-4,10-19H2,1-2H3,(H2,24,25,26);1H. The fourth-order valence-electron chi connectivity index (χ4n) is 4.39. The van der Waals surface area contributed by atoms with E-state index >= 15 is 0 Å². The molecule has 0 bridgehead atoms. The molecular weight excluding hydrogens is 473 g/mol. The van der Waals surface area contributed by atoms with Gasteiger partial charge in [0.15, 0.2) is 5.96 Å². The average Bonchev–Trinajstić information content (AvgIpc) is 3.16. The molecule has 0 aromatic heterocycles. The van der Waals surface area contributed by atoms with E-state index in [9.17, 15) is 0 Å². The van der Waals surface area contributed by atoms with Crippen LogP contribution in [0.2, 0.25) is 0 Å². The van der Waals surface area contributed by atoms with Gasteiger partial charge in [0.25, 0.3) is 0 Å². The molecular formula is C23H40IN5. The largest absolute Gasteiger partial charge is 0.357 e. The number of benzene rings is 1. The highest BCUT2D eigenvalue weighted by Crippen LogP contribution is 2.17. The fraction of sp³-hybridized carbons (Fsp3) is 0.696. The van der Waals surface area contributed by atoms with Crippen LogP contribution in [0.25, 0.3) is 0 Å². The summed E-state index contributed by atoms with van der Waals surface area (Å²) in [7, 11) is 0. The van der Waals surface area contributed by atoms with Gasteiger partial charge in [-0.15, -0.1) is 24.0 Å². The van der Waals surface area contributed by atoms with Crippen LogP contribution >= 0.6 is 24.0 Å². The third kappa shape index (κ3) is 8.42. The summed E-state index contributed by atoms with van der Waals surface area (Å²) in [6, 6.07) is 11.3. The fourth-order valence-corrected chi connectivity index (χ4v) is 4.39. The van der Waals surface area contributed by atoms with Crippen molar-refractivity contribution >= 4 is 29.9 Å². The average molecular weight is 514 g/mol. The van der Waals surface area contributed by atoms with Gasteiger partial charge in [-0.1, -0.05) is 37.3 Å². The molecule has 0 radical (unpaired) electrons. The predicted molar refractivity (Wildman–Crippen MR) is 134 cm³/mol. The normalized spacial score (nSPS) is 21.7.